The van der Waals surface area contributed by atoms with Crippen molar-refractivity contribution in [3.8, 4) is 0 Å². The molecule has 3 rings (SSSR count). The quantitative estimate of drug-likeness (QED) is 0.745. The molecular weight excluding hydrogens is 252 g/mol. The largest absolute Gasteiger partial charge is 0.397 e. The molecule has 5 nitrogen and oxygen atoms in total. The van der Waals surface area contributed by atoms with Crippen LogP contribution >= 0.6 is 0 Å². The van der Waals surface area contributed by atoms with E-state index >= 15 is 0 Å². The van der Waals surface area contributed by atoms with E-state index in [2.05, 4.69) is 15.3 Å². The number of pyridine rings is 2. The van der Waals surface area contributed by atoms with Gasteiger partial charge in [0.15, 0.2) is 0 Å². The van der Waals surface area contributed by atoms with Gasteiger partial charge in [0, 0.05) is 17.8 Å². The van der Waals surface area contributed by atoms with Crippen LogP contribution in [0, 0.1) is 0 Å². The normalized spacial score (nSPS) is 10.4. The molecule has 0 radical (unpaired) electrons. The number of benzene rings is 1. The van der Waals surface area contributed by atoms with Gasteiger partial charge in [-0.15, -0.1) is 0 Å². The van der Waals surface area contributed by atoms with Crippen LogP contribution in [0.2, 0.25) is 0 Å². The number of carbonyl (C=O) groups excluding carboxylic acids is 1. The fourth-order valence-electron chi connectivity index (χ4n) is 1.95. The van der Waals surface area contributed by atoms with Crippen molar-refractivity contribution in [1.29, 1.82) is 0 Å². The fraction of sp³-hybridized carbons (Fsp3) is 0. The van der Waals surface area contributed by atoms with Gasteiger partial charge in [-0.25, -0.2) is 4.98 Å². The number of amides is 1. The third-order valence-corrected chi connectivity index (χ3v) is 2.95. The van der Waals surface area contributed by atoms with Crippen LogP contribution in [0.15, 0.2) is 55.0 Å². The van der Waals surface area contributed by atoms with Crippen LogP contribution in [-0.2, 0) is 0 Å². The summed E-state index contributed by atoms with van der Waals surface area (Å²) >= 11 is 0. The lowest BCUT2D eigenvalue weighted by Crippen LogP contribution is -2.13. The van der Waals surface area contributed by atoms with Crippen molar-refractivity contribution in [3.05, 3.63) is 60.7 Å². The first-order valence-electron chi connectivity index (χ1n) is 6.10. The smallest absolute Gasteiger partial charge is 0.274 e. The molecule has 0 unspecified atom stereocenters. The van der Waals surface area contributed by atoms with Crippen LogP contribution in [0.4, 0.5) is 11.4 Å². The molecule has 0 atom stereocenters. The molecular formula is C15H12N4O. The van der Waals surface area contributed by atoms with Gasteiger partial charge >= 0.3 is 0 Å². The average molecular weight is 264 g/mol. The minimum absolute atomic E-state index is 0.277. The summed E-state index contributed by atoms with van der Waals surface area (Å²) in [5, 5.41) is 4.74. The number of nitrogens with one attached hydrogen (secondary N) is 1. The Bertz CT molecular complexity index is 763. The van der Waals surface area contributed by atoms with Crippen LogP contribution in [0.3, 0.4) is 0 Å². The Balaban J connectivity index is 1.93. The zero-order valence-electron chi connectivity index (χ0n) is 10.6. The summed E-state index contributed by atoms with van der Waals surface area (Å²) in [5.41, 5.74) is 7.10. The zero-order valence-corrected chi connectivity index (χ0v) is 10.6. The molecule has 0 saturated heterocycles. The van der Waals surface area contributed by atoms with Gasteiger partial charge in [0.05, 0.1) is 17.6 Å². The van der Waals surface area contributed by atoms with E-state index in [0.717, 1.165) is 10.8 Å². The molecule has 20 heavy (non-hydrogen) atoms. The van der Waals surface area contributed by atoms with E-state index in [0.29, 0.717) is 17.1 Å². The van der Waals surface area contributed by atoms with E-state index in [-0.39, 0.29) is 5.91 Å². The van der Waals surface area contributed by atoms with Crippen molar-refractivity contribution in [3.63, 3.8) is 0 Å². The number of hydrogen-bond acceptors (Lipinski definition) is 4. The average Bonchev–Trinajstić information content (AvgIpc) is 2.48. The highest BCUT2D eigenvalue weighted by atomic mass is 16.1. The van der Waals surface area contributed by atoms with Crippen LogP contribution in [0.25, 0.3) is 10.8 Å². The Morgan fingerprint density at radius 3 is 2.80 bits per heavy atom. The Morgan fingerprint density at radius 2 is 2.00 bits per heavy atom. The molecule has 0 aliphatic carbocycles. The molecule has 2 heterocycles. The molecule has 0 spiro atoms. The number of carbonyl (C=O) groups is 1. The SMILES string of the molecule is Nc1ccc(C(=O)Nc2cccc3ccncc23)nc1. The van der Waals surface area contributed by atoms with Gasteiger partial charge in [-0.1, -0.05) is 12.1 Å². The molecule has 98 valence electrons. The van der Waals surface area contributed by atoms with Gasteiger partial charge in [-0.2, -0.15) is 0 Å². The number of rotatable bonds is 2. The predicted molar refractivity (Wildman–Crippen MR) is 78.3 cm³/mol. The third-order valence-electron chi connectivity index (χ3n) is 2.95. The molecule has 2 aromatic heterocycles. The maximum Gasteiger partial charge on any atom is 0.274 e. The second-order valence-corrected chi connectivity index (χ2v) is 4.33. The molecule has 0 bridgehead atoms. The van der Waals surface area contributed by atoms with Crippen molar-refractivity contribution < 1.29 is 4.79 Å². The van der Waals surface area contributed by atoms with E-state index in [1.165, 1.54) is 6.20 Å². The Morgan fingerprint density at radius 1 is 1.10 bits per heavy atom. The minimum atomic E-state index is -0.277. The third kappa shape index (κ3) is 2.29. The van der Waals surface area contributed by atoms with E-state index < -0.39 is 0 Å². The fourth-order valence-corrected chi connectivity index (χ4v) is 1.95. The second kappa shape index (κ2) is 4.97. The van der Waals surface area contributed by atoms with Crippen LogP contribution in [0.1, 0.15) is 10.5 Å². The first kappa shape index (κ1) is 12.1. The molecule has 0 fully saturated rings. The van der Waals surface area contributed by atoms with Gasteiger partial charge in [-0.05, 0) is 29.7 Å². The first-order chi connectivity index (χ1) is 9.74. The van der Waals surface area contributed by atoms with Crippen LogP contribution in [-0.4, -0.2) is 15.9 Å². The maximum absolute atomic E-state index is 12.1. The molecule has 1 aromatic carbocycles. The number of nitrogens with zero attached hydrogens (tertiary/aromatic N) is 2. The number of fused-ring (bicyclic) bond motifs is 1. The van der Waals surface area contributed by atoms with Crippen molar-refractivity contribution in [2.24, 2.45) is 0 Å². The van der Waals surface area contributed by atoms with E-state index in [4.69, 9.17) is 5.73 Å². The Kier molecular flexibility index (Phi) is 3.01. The molecule has 0 aliphatic rings. The topological polar surface area (TPSA) is 80.9 Å². The number of hydrogen-bond donors (Lipinski definition) is 2. The predicted octanol–water partition coefficient (Wildman–Crippen LogP) is 2.46. The summed E-state index contributed by atoms with van der Waals surface area (Å²) in [6.07, 6.45) is 4.90. The summed E-state index contributed by atoms with van der Waals surface area (Å²) in [6, 6.07) is 10.8. The summed E-state index contributed by atoms with van der Waals surface area (Å²) in [4.78, 5) is 20.2. The highest BCUT2D eigenvalue weighted by Gasteiger charge is 2.09. The van der Waals surface area contributed by atoms with E-state index in [1.807, 2.05) is 24.3 Å². The maximum atomic E-state index is 12.1. The van der Waals surface area contributed by atoms with Gasteiger partial charge < -0.3 is 11.1 Å². The molecule has 3 N–H and O–H groups in total. The van der Waals surface area contributed by atoms with Crippen molar-refractivity contribution in [2.45, 2.75) is 0 Å². The van der Waals surface area contributed by atoms with Crippen LogP contribution < -0.4 is 11.1 Å². The number of anilines is 2. The Hall–Kier alpha value is -2.95. The van der Waals surface area contributed by atoms with Gasteiger partial charge in [-0.3, -0.25) is 9.78 Å². The molecule has 0 saturated carbocycles. The molecule has 1 amide bonds. The second-order valence-electron chi connectivity index (χ2n) is 4.33. The lowest BCUT2D eigenvalue weighted by atomic mass is 10.1. The lowest BCUT2D eigenvalue weighted by Gasteiger charge is -2.08. The summed E-state index contributed by atoms with van der Waals surface area (Å²) in [7, 11) is 0. The number of nitrogens with two attached hydrogens (primary N) is 1. The molecule has 0 aliphatic heterocycles. The summed E-state index contributed by atoms with van der Waals surface area (Å²) in [6.45, 7) is 0. The molecule has 3 aromatic rings. The monoisotopic (exact) mass is 264 g/mol. The minimum Gasteiger partial charge on any atom is -0.397 e. The standard InChI is InChI=1S/C15H12N4O/c16-11-4-5-14(18-8-11)15(20)19-13-3-1-2-10-6-7-17-9-12(10)13/h1-9H,16H2,(H,19,20). The highest BCUT2D eigenvalue weighted by molar-refractivity contribution is 6.08. The summed E-state index contributed by atoms with van der Waals surface area (Å²) < 4.78 is 0. The van der Waals surface area contributed by atoms with Crippen molar-refractivity contribution >= 4 is 28.1 Å². The highest BCUT2D eigenvalue weighted by Crippen LogP contribution is 2.22. The van der Waals surface area contributed by atoms with E-state index in [1.54, 1.807) is 24.5 Å². The first-order valence-corrected chi connectivity index (χ1v) is 6.10. The van der Waals surface area contributed by atoms with Gasteiger partial charge in [0.25, 0.3) is 5.91 Å². The van der Waals surface area contributed by atoms with Gasteiger partial charge in [0.2, 0.25) is 0 Å². The number of nitrogen functional groups attached to an aromatic ring is 1. The summed E-state index contributed by atoms with van der Waals surface area (Å²) in [5.74, 6) is -0.277. The number of aromatic nitrogens is 2. The Labute approximate surface area is 115 Å². The molecule has 5 heteroatoms. The van der Waals surface area contributed by atoms with Crippen LogP contribution in [0.5, 0.6) is 0 Å². The van der Waals surface area contributed by atoms with Crippen molar-refractivity contribution in [2.75, 3.05) is 11.1 Å². The lowest BCUT2D eigenvalue weighted by molar-refractivity contribution is 0.102. The zero-order chi connectivity index (χ0) is 13.9. The van der Waals surface area contributed by atoms with Gasteiger partial charge in [0.1, 0.15) is 5.69 Å². The van der Waals surface area contributed by atoms with Crippen molar-refractivity contribution in [1.82, 2.24) is 9.97 Å². The van der Waals surface area contributed by atoms with E-state index in [9.17, 15) is 4.79 Å².